The molecule has 4 atom stereocenters. The number of benzene rings is 1. The van der Waals surface area contributed by atoms with Crippen molar-refractivity contribution in [2.45, 2.75) is 70.2 Å². The van der Waals surface area contributed by atoms with Crippen LogP contribution < -0.4 is 10.1 Å². The number of hydrogen-bond donors (Lipinski definition) is 6. The van der Waals surface area contributed by atoms with E-state index in [0.717, 1.165) is 38.2 Å². The molecular formula is C24H38N2O8. The highest BCUT2D eigenvalue weighted by molar-refractivity contribution is 5.83. The summed E-state index contributed by atoms with van der Waals surface area (Å²) in [6.07, 6.45) is 1.10. The molecule has 0 aromatic heterocycles. The highest BCUT2D eigenvalue weighted by Gasteiger charge is 2.34. The van der Waals surface area contributed by atoms with Crippen molar-refractivity contribution in [3.05, 3.63) is 28.8 Å². The summed E-state index contributed by atoms with van der Waals surface area (Å²) in [6, 6.07) is 5.71. The molecule has 0 bridgehead atoms. The molecule has 1 aromatic rings. The summed E-state index contributed by atoms with van der Waals surface area (Å²) in [4.78, 5) is 22.3. The van der Waals surface area contributed by atoms with E-state index in [-0.39, 0.29) is 6.61 Å². The molecule has 3 rings (SSSR count). The second kappa shape index (κ2) is 13.6. The molecule has 2 aliphatic rings. The van der Waals surface area contributed by atoms with Gasteiger partial charge in [-0.05, 0) is 68.7 Å². The molecule has 2 saturated heterocycles. The Bertz CT molecular complexity index is 798. The van der Waals surface area contributed by atoms with Crippen molar-refractivity contribution in [1.29, 1.82) is 0 Å². The summed E-state index contributed by atoms with van der Waals surface area (Å²) >= 11 is 0. The number of piperidine rings is 1. The number of piperazine rings is 1. The summed E-state index contributed by atoms with van der Waals surface area (Å²) in [7, 11) is 0. The fraction of sp³-hybridized carbons (Fsp3) is 0.667. The number of aliphatic hydroxyl groups is 3. The smallest absolute Gasteiger partial charge is 0.335 e. The third-order valence-electron chi connectivity index (χ3n) is 6.56. The third kappa shape index (κ3) is 7.38. The molecule has 0 spiro atoms. The Morgan fingerprint density at radius 1 is 1.09 bits per heavy atom. The number of unbranched alkanes of at least 4 members (excludes halogenated alkanes) is 1. The first-order chi connectivity index (χ1) is 16.2. The zero-order valence-electron chi connectivity index (χ0n) is 19.9. The van der Waals surface area contributed by atoms with E-state index < -0.39 is 24.1 Å². The minimum atomic E-state index is -2.27. The van der Waals surface area contributed by atoms with E-state index in [9.17, 15) is 9.59 Å². The van der Waals surface area contributed by atoms with Crippen molar-refractivity contribution in [2.75, 3.05) is 32.8 Å². The van der Waals surface area contributed by atoms with Crippen LogP contribution in [0.2, 0.25) is 0 Å². The van der Waals surface area contributed by atoms with E-state index in [1.54, 1.807) is 0 Å². The van der Waals surface area contributed by atoms with Crippen LogP contribution in [0.3, 0.4) is 0 Å². The van der Waals surface area contributed by atoms with Crippen LogP contribution in [0.5, 0.6) is 5.75 Å². The van der Waals surface area contributed by atoms with Crippen LogP contribution in [0.1, 0.15) is 54.8 Å². The standard InChI is InChI=1S/C20H32N2O2.C4H6O6/c1-15-16(2)20(24-13-4-3-12-23)9-8-18(15)19-7-5-6-17-14-21-10-11-22(17)19;5-1(3(7)8)2(6)4(9)10/h8-9,17,19,21,23H,3-7,10-14H2,1-2H3;1-2,5-6H,(H,7,8)(H,9,10). The van der Waals surface area contributed by atoms with Crippen LogP contribution in [0, 0.1) is 13.8 Å². The Morgan fingerprint density at radius 3 is 2.38 bits per heavy atom. The van der Waals surface area contributed by atoms with E-state index >= 15 is 0 Å². The first kappa shape index (κ1) is 28.0. The molecule has 0 amide bonds. The third-order valence-corrected chi connectivity index (χ3v) is 6.56. The van der Waals surface area contributed by atoms with E-state index in [1.807, 2.05) is 0 Å². The molecule has 10 nitrogen and oxygen atoms in total. The van der Waals surface area contributed by atoms with Crippen LogP contribution in [0.15, 0.2) is 12.1 Å². The average molecular weight is 483 g/mol. The Hall–Kier alpha value is -2.24. The predicted octanol–water partition coefficient (Wildman–Crippen LogP) is 0.831. The van der Waals surface area contributed by atoms with Crippen molar-refractivity contribution in [3.8, 4) is 5.75 Å². The lowest BCUT2D eigenvalue weighted by Crippen LogP contribution is -2.54. The van der Waals surface area contributed by atoms with E-state index in [2.05, 4.69) is 36.2 Å². The lowest BCUT2D eigenvalue weighted by atomic mass is 9.86. The largest absolute Gasteiger partial charge is 0.493 e. The lowest BCUT2D eigenvalue weighted by Gasteiger charge is -2.46. The minimum Gasteiger partial charge on any atom is -0.493 e. The second-order valence-corrected chi connectivity index (χ2v) is 8.79. The zero-order valence-corrected chi connectivity index (χ0v) is 19.9. The Morgan fingerprint density at radius 2 is 1.76 bits per heavy atom. The number of rotatable bonds is 9. The zero-order chi connectivity index (χ0) is 25.3. The van der Waals surface area contributed by atoms with Crippen LogP contribution in [-0.2, 0) is 9.59 Å². The molecule has 2 aliphatic heterocycles. The maximum atomic E-state index is 9.77. The Kier molecular flexibility index (Phi) is 11.2. The average Bonchev–Trinajstić information content (AvgIpc) is 2.83. The van der Waals surface area contributed by atoms with E-state index in [1.165, 1.54) is 36.0 Å². The van der Waals surface area contributed by atoms with Gasteiger partial charge in [0.25, 0.3) is 0 Å². The van der Waals surface area contributed by atoms with Crippen molar-refractivity contribution in [2.24, 2.45) is 0 Å². The van der Waals surface area contributed by atoms with Crippen molar-refractivity contribution >= 4 is 11.9 Å². The van der Waals surface area contributed by atoms with Gasteiger partial charge in [0, 0.05) is 38.3 Å². The molecule has 10 heteroatoms. The highest BCUT2D eigenvalue weighted by Crippen LogP contribution is 2.38. The van der Waals surface area contributed by atoms with Crippen LogP contribution in [0.25, 0.3) is 0 Å². The molecular weight excluding hydrogens is 444 g/mol. The van der Waals surface area contributed by atoms with Gasteiger partial charge in [-0.15, -0.1) is 0 Å². The summed E-state index contributed by atoms with van der Waals surface area (Å²) in [5.74, 6) is -2.54. The Balaban J connectivity index is 0.000000347. The fourth-order valence-corrected chi connectivity index (χ4v) is 4.50. The molecule has 6 N–H and O–H groups in total. The van der Waals surface area contributed by atoms with Crippen molar-refractivity contribution in [1.82, 2.24) is 10.2 Å². The topological polar surface area (TPSA) is 160 Å². The number of fused-ring (bicyclic) bond motifs is 1. The summed E-state index contributed by atoms with van der Waals surface area (Å²) in [5.41, 5.74) is 4.15. The van der Waals surface area contributed by atoms with Crippen LogP contribution in [0.4, 0.5) is 0 Å². The van der Waals surface area contributed by atoms with Gasteiger partial charge in [-0.3, -0.25) is 4.90 Å². The molecule has 0 radical (unpaired) electrons. The quantitative estimate of drug-likeness (QED) is 0.278. The summed E-state index contributed by atoms with van der Waals surface area (Å²) < 4.78 is 5.93. The molecule has 1 aromatic carbocycles. The van der Waals surface area contributed by atoms with Gasteiger partial charge in [-0.25, -0.2) is 9.59 Å². The number of aliphatic hydroxyl groups excluding tert-OH is 3. The predicted molar refractivity (Wildman–Crippen MR) is 125 cm³/mol. The number of carboxylic acid groups (broad SMARTS) is 2. The highest BCUT2D eigenvalue weighted by atomic mass is 16.5. The van der Waals surface area contributed by atoms with Gasteiger partial charge in [0.1, 0.15) is 5.75 Å². The van der Waals surface area contributed by atoms with Crippen LogP contribution in [-0.4, -0.2) is 93.5 Å². The van der Waals surface area contributed by atoms with Crippen molar-refractivity contribution in [3.63, 3.8) is 0 Å². The van der Waals surface area contributed by atoms with Gasteiger partial charge in [0.15, 0.2) is 12.2 Å². The molecule has 2 heterocycles. The fourth-order valence-electron chi connectivity index (χ4n) is 4.50. The second-order valence-electron chi connectivity index (χ2n) is 8.79. The molecule has 4 unspecified atom stereocenters. The number of nitrogens with zero attached hydrogens (tertiary/aromatic N) is 1. The lowest BCUT2D eigenvalue weighted by molar-refractivity contribution is -0.165. The monoisotopic (exact) mass is 482 g/mol. The molecule has 0 aliphatic carbocycles. The SMILES string of the molecule is Cc1c(OCCCCO)ccc(C2CCCC3CNCCN32)c1C.O=C(O)C(O)C(O)C(=O)O. The van der Waals surface area contributed by atoms with Gasteiger partial charge in [-0.2, -0.15) is 0 Å². The number of carbonyl (C=O) groups is 2. The molecule has 34 heavy (non-hydrogen) atoms. The van der Waals surface area contributed by atoms with Gasteiger partial charge in [0.2, 0.25) is 0 Å². The normalized spacial score (nSPS) is 22.0. The van der Waals surface area contributed by atoms with E-state index in [0.29, 0.717) is 18.7 Å². The van der Waals surface area contributed by atoms with E-state index in [4.69, 9.17) is 30.3 Å². The van der Waals surface area contributed by atoms with Crippen molar-refractivity contribution < 1.29 is 39.9 Å². The number of carboxylic acids is 2. The maximum Gasteiger partial charge on any atom is 0.335 e. The van der Waals surface area contributed by atoms with Gasteiger partial charge in [-0.1, -0.05) is 6.07 Å². The summed E-state index contributed by atoms with van der Waals surface area (Å²) in [6.45, 7) is 8.76. The summed E-state index contributed by atoms with van der Waals surface area (Å²) in [5, 5.41) is 44.9. The number of hydrogen-bond acceptors (Lipinski definition) is 8. The Labute approximate surface area is 200 Å². The molecule has 0 saturated carbocycles. The number of aliphatic carboxylic acids is 2. The minimum absolute atomic E-state index is 0.244. The first-order valence-corrected chi connectivity index (χ1v) is 11.8. The molecule has 2 fully saturated rings. The van der Waals surface area contributed by atoms with Gasteiger partial charge >= 0.3 is 11.9 Å². The molecule has 192 valence electrons. The van der Waals surface area contributed by atoms with Gasteiger partial charge < -0.3 is 35.6 Å². The number of ether oxygens (including phenoxy) is 1. The van der Waals surface area contributed by atoms with Gasteiger partial charge in [0.05, 0.1) is 6.61 Å². The first-order valence-electron chi connectivity index (χ1n) is 11.8. The number of nitrogens with one attached hydrogen (secondary N) is 1. The maximum absolute atomic E-state index is 9.77. The van der Waals surface area contributed by atoms with Crippen LogP contribution >= 0.6 is 0 Å².